The van der Waals surface area contributed by atoms with Crippen molar-refractivity contribution in [1.82, 2.24) is 9.36 Å². The molecule has 1 fully saturated rings. The number of rotatable bonds is 1. The highest BCUT2D eigenvalue weighted by Crippen LogP contribution is 2.49. The van der Waals surface area contributed by atoms with E-state index in [-0.39, 0.29) is 0 Å². The van der Waals surface area contributed by atoms with Crippen molar-refractivity contribution in [2.45, 2.75) is 39.0 Å². The normalized spacial score (nSPS) is 26.5. The average Bonchev–Trinajstić information content (AvgIpc) is 2.56. The molecule has 1 aromatic rings. The first kappa shape index (κ1) is 8.94. The summed E-state index contributed by atoms with van der Waals surface area (Å²) >= 11 is 1.46. The lowest BCUT2D eigenvalue weighted by molar-refractivity contribution is 0.332. The van der Waals surface area contributed by atoms with Gasteiger partial charge >= 0.3 is 0 Å². The lowest BCUT2D eigenvalue weighted by Crippen LogP contribution is -2.15. The summed E-state index contributed by atoms with van der Waals surface area (Å²) in [6, 6.07) is 0. The molecule has 1 atom stereocenters. The Morgan fingerprint density at radius 1 is 1.54 bits per heavy atom. The summed E-state index contributed by atoms with van der Waals surface area (Å²) in [5, 5.41) is 1.13. The standard InChI is InChI=1S/C9H15N3S/c1-9(2)5-3-4-6(9)7-11-8(10)12-13-7/h6H,3-5H2,1-2H3,(H2,10,12). The Morgan fingerprint density at radius 2 is 2.31 bits per heavy atom. The Hall–Kier alpha value is -0.640. The van der Waals surface area contributed by atoms with Crippen LogP contribution in [0.25, 0.3) is 0 Å². The van der Waals surface area contributed by atoms with Crippen molar-refractivity contribution in [3.05, 3.63) is 5.01 Å². The summed E-state index contributed by atoms with van der Waals surface area (Å²) in [5.74, 6) is 1.00. The van der Waals surface area contributed by atoms with E-state index in [1.165, 1.54) is 30.8 Å². The molecule has 13 heavy (non-hydrogen) atoms. The molecule has 4 heteroatoms. The van der Waals surface area contributed by atoms with Gasteiger partial charge in [-0.3, -0.25) is 0 Å². The highest BCUT2D eigenvalue weighted by Gasteiger charge is 2.37. The van der Waals surface area contributed by atoms with E-state index in [9.17, 15) is 0 Å². The van der Waals surface area contributed by atoms with Gasteiger partial charge in [-0.2, -0.15) is 4.37 Å². The highest BCUT2D eigenvalue weighted by molar-refractivity contribution is 7.05. The maximum atomic E-state index is 5.52. The van der Waals surface area contributed by atoms with Crippen LogP contribution in [-0.4, -0.2) is 9.36 Å². The first-order valence-electron chi connectivity index (χ1n) is 4.69. The van der Waals surface area contributed by atoms with Crippen LogP contribution >= 0.6 is 11.5 Å². The second-order valence-corrected chi connectivity index (χ2v) is 5.21. The third-order valence-corrected chi connectivity index (χ3v) is 3.85. The second kappa shape index (κ2) is 2.94. The zero-order chi connectivity index (χ0) is 9.47. The molecule has 0 bridgehead atoms. The van der Waals surface area contributed by atoms with Gasteiger partial charge in [-0.05, 0) is 29.8 Å². The largest absolute Gasteiger partial charge is 0.367 e. The molecule has 0 aliphatic heterocycles. The van der Waals surface area contributed by atoms with Crippen molar-refractivity contribution in [2.24, 2.45) is 5.41 Å². The van der Waals surface area contributed by atoms with Crippen LogP contribution in [0.3, 0.4) is 0 Å². The minimum absolute atomic E-state index is 0.381. The molecule has 2 N–H and O–H groups in total. The van der Waals surface area contributed by atoms with Gasteiger partial charge in [0, 0.05) is 5.92 Å². The number of nitrogen functional groups attached to an aromatic ring is 1. The van der Waals surface area contributed by atoms with Crippen molar-refractivity contribution in [3.63, 3.8) is 0 Å². The summed E-state index contributed by atoms with van der Waals surface area (Å²) in [5.41, 5.74) is 5.90. The van der Waals surface area contributed by atoms with Crippen molar-refractivity contribution in [2.75, 3.05) is 5.73 Å². The van der Waals surface area contributed by atoms with Gasteiger partial charge in [0.2, 0.25) is 5.95 Å². The molecule has 72 valence electrons. The van der Waals surface area contributed by atoms with E-state index >= 15 is 0 Å². The van der Waals surface area contributed by atoms with Gasteiger partial charge in [-0.1, -0.05) is 20.3 Å². The number of hydrogen-bond acceptors (Lipinski definition) is 4. The van der Waals surface area contributed by atoms with E-state index in [2.05, 4.69) is 23.2 Å². The minimum Gasteiger partial charge on any atom is -0.367 e. The molecule has 1 heterocycles. The lowest BCUT2D eigenvalue weighted by Gasteiger charge is -2.24. The van der Waals surface area contributed by atoms with E-state index in [4.69, 9.17) is 5.73 Å². The third kappa shape index (κ3) is 1.55. The lowest BCUT2D eigenvalue weighted by atomic mass is 9.82. The molecule has 0 aromatic carbocycles. The zero-order valence-corrected chi connectivity index (χ0v) is 8.90. The van der Waals surface area contributed by atoms with E-state index in [0.29, 0.717) is 17.3 Å². The fraction of sp³-hybridized carbons (Fsp3) is 0.778. The summed E-state index contributed by atoms with van der Waals surface area (Å²) in [4.78, 5) is 4.27. The predicted octanol–water partition coefficient (Wildman–Crippen LogP) is 2.41. The summed E-state index contributed by atoms with van der Waals surface area (Å²) in [6.07, 6.45) is 3.83. The van der Waals surface area contributed by atoms with E-state index in [1.807, 2.05) is 0 Å². The van der Waals surface area contributed by atoms with Crippen LogP contribution in [0.4, 0.5) is 5.95 Å². The predicted molar refractivity (Wildman–Crippen MR) is 54.7 cm³/mol. The summed E-state index contributed by atoms with van der Waals surface area (Å²) in [7, 11) is 0. The molecule has 2 rings (SSSR count). The number of nitrogens with zero attached hydrogens (tertiary/aromatic N) is 2. The topological polar surface area (TPSA) is 51.8 Å². The zero-order valence-electron chi connectivity index (χ0n) is 8.08. The van der Waals surface area contributed by atoms with Crippen LogP contribution in [-0.2, 0) is 0 Å². The molecular weight excluding hydrogens is 182 g/mol. The Morgan fingerprint density at radius 3 is 2.77 bits per heavy atom. The van der Waals surface area contributed by atoms with E-state index in [1.54, 1.807) is 0 Å². The first-order chi connectivity index (χ1) is 6.09. The second-order valence-electron chi connectivity index (χ2n) is 4.42. The quantitative estimate of drug-likeness (QED) is 0.752. The summed E-state index contributed by atoms with van der Waals surface area (Å²) < 4.78 is 4.04. The smallest absolute Gasteiger partial charge is 0.232 e. The van der Waals surface area contributed by atoms with Crippen molar-refractivity contribution >= 4 is 17.5 Å². The van der Waals surface area contributed by atoms with Crippen LogP contribution in [0.2, 0.25) is 0 Å². The van der Waals surface area contributed by atoms with Gasteiger partial charge in [0.1, 0.15) is 5.01 Å². The Labute approximate surface area is 82.5 Å². The van der Waals surface area contributed by atoms with Gasteiger partial charge in [0.15, 0.2) is 0 Å². The molecule has 3 nitrogen and oxygen atoms in total. The van der Waals surface area contributed by atoms with Gasteiger partial charge in [-0.15, -0.1) is 0 Å². The first-order valence-corrected chi connectivity index (χ1v) is 5.46. The molecule has 1 aromatic heterocycles. The number of aromatic nitrogens is 2. The van der Waals surface area contributed by atoms with Gasteiger partial charge < -0.3 is 5.73 Å². The Balaban J connectivity index is 2.26. The fourth-order valence-electron chi connectivity index (χ4n) is 2.17. The van der Waals surface area contributed by atoms with Crippen LogP contribution in [0.15, 0.2) is 0 Å². The van der Waals surface area contributed by atoms with Crippen LogP contribution in [0.1, 0.15) is 44.0 Å². The molecular formula is C9H15N3S. The molecule has 1 aliphatic carbocycles. The minimum atomic E-state index is 0.381. The molecule has 0 amide bonds. The van der Waals surface area contributed by atoms with Gasteiger partial charge in [-0.25, -0.2) is 4.98 Å². The van der Waals surface area contributed by atoms with Gasteiger partial charge in [0.05, 0.1) is 0 Å². The highest BCUT2D eigenvalue weighted by atomic mass is 32.1. The maximum absolute atomic E-state index is 5.52. The number of hydrogen-bond donors (Lipinski definition) is 1. The van der Waals surface area contributed by atoms with Crippen molar-refractivity contribution < 1.29 is 0 Å². The SMILES string of the molecule is CC1(C)CCCC1c1nc(N)ns1. The van der Waals surface area contributed by atoms with Crippen molar-refractivity contribution in [3.8, 4) is 0 Å². The van der Waals surface area contributed by atoms with Crippen LogP contribution in [0, 0.1) is 5.41 Å². The van der Waals surface area contributed by atoms with Gasteiger partial charge in [0.25, 0.3) is 0 Å². The molecule has 0 saturated heterocycles. The molecule has 1 saturated carbocycles. The molecule has 0 spiro atoms. The van der Waals surface area contributed by atoms with Crippen molar-refractivity contribution in [1.29, 1.82) is 0 Å². The van der Waals surface area contributed by atoms with E-state index < -0.39 is 0 Å². The van der Waals surface area contributed by atoms with E-state index in [0.717, 1.165) is 5.01 Å². The Bertz CT molecular complexity index is 306. The Kier molecular flexibility index (Phi) is 2.02. The molecule has 1 aliphatic rings. The molecule has 0 radical (unpaired) electrons. The van der Waals surface area contributed by atoms with Crippen LogP contribution in [0.5, 0.6) is 0 Å². The fourth-order valence-corrected chi connectivity index (χ4v) is 3.10. The molecule has 1 unspecified atom stereocenters. The third-order valence-electron chi connectivity index (χ3n) is 3.01. The van der Waals surface area contributed by atoms with Crippen LogP contribution < -0.4 is 5.73 Å². The number of nitrogens with two attached hydrogens (primary N) is 1. The number of anilines is 1. The maximum Gasteiger partial charge on any atom is 0.232 e. The summed E-state index contributed by atoms with van der Waals surface area (Å²) in [6.45, 7) is 4.62. The monoisotopic (exact) mass is 197 g/mol. The average molecular weight is 197 g/mol.